The van der Waals surface area contributed by atoms with E-state index in [1.165, 1.54) is 29.4 Å². The van der Waals surface area contributed by atoms with Crippen molar-refractivity contribution >= 4 is 10.8 Å². The van der Waals surface area contributed by atoms with Crippen molar-refractivity contribution in [2.75, 3.05) is 0 Å². The number of ether oxygens (including phenoxy) is 1. The van der Waals surface area contributed by atoms with Crippen LogP contribution in [0.3, 0.4) is 0 Å². The lowest BCUT2D eigenvalue weighted by Gasteiger charge is -2.10. The first-order valence-corrected chi connectivity index (χ1v) is 10.3. The molecule has 0 bridgehead atoms. The van der Waals surface area contributed by atoms with E-state index in [1.54, 1.807) is 6.20 Å². The van der Waals surface area contributed by atoms with Gasteiger partial charge in [-0.2, -0.15) is 0 Å². The Morgan fingerprint density at radius 1 is 0.828 bits per heavy atom. The smallest absolute Gasteiger partial charge is 0.130 e. The number of benzene rings is 2. The minimum Gasteiger partial charge on any atom is -0.487 e. The molecule has 3 nitrogen and oxygen atoms in total. The Bertz CT molecular complexity index is 1060. The van der Waals surface area contributed by atoms with Gasteiger partial charge >= 0.3 is 0 Å². The molecule has 0 saturated heterocycles. The molecule has 0 N–H and O–H groups in total. The van der Waals surface area contributed by atoms with Crippen LogP contribution in [0.4, 0.5) is 0 Å². The van der Waals surface area contributed by atoms with E-state index in [0.717, 1.165) is 35.4 Å². The lowest BCUT2D eigenvalue weighted by Crippen LogP contribution is -1.98. The zero-order valence-corrected chi connectivity index (χ0v) is 16.8. The van der Waals surface area contributed by atoms with E-state index in [0.29, 0.717) is 6.61 Å². The van der Waals surface area contributed by atoms with Gasteiger partial charge < -0.3 is 4.74 Å². The Hall–Kier alpha value is -3.20. The molecule has 0 spiro atoms. The van der Waals surface area contributed by atoms with Crippen LogP contribution in [0.15, 0.2) is 79.1 Å². The molecule has 0 aliphatic heterocycles. The Balaban J connectivity index is 1.52. The second-order valence-corrected chi connectivity index (χ2v) is 7.35. The summed E-state index contributed by atoms with van der Waals surface area (Å²) in [6.45, 7) is 2.69. The van der Waals surface area contributed by atoms with Crippen molar-refractivity contribution in [3.63, 3.8) is 0 Å². The maximum atomic E-state index is 5.97. The van der Waals surface area contributed by atoms with Crippen molar-refractivity contribution in [3.05, 3.63) is 102 Å². The number of aromatic nitrogens is 2. The van der Waals surface area contributed by atoms with Crippen LogP contribution in [0.5, 0.6) is 5.75 Å². The highest BCUT2D eigenvalue weighted by Gasteiger charge is 2.07. The average molecular weight is 383 g/mol. The highest BCUT2D eigenvalue weighted by atomic mass is 16.5. The Kier molecular flexibility index (Phi) is 6.16. The summed E-state index contributed by atoms with van der Waals surface area (Å²) in [4.78, 5) is 8.98. The van der Waals surface area contributed by atoms with Gasteiger partial charge in [0, 0.05) is 24.2 Å². The standard InChI is InChI=1S/C26H26N2O/c1-2-3-6-20-8-10-21(11-9-20)17-26-25-18-24(13-12-22(25)14-16-28-26)29-19-23-7-4-5-15-27-23/h4-5,7-16,18H,2-3,6,17,19H2,1H3. The maximum absolute atomic E-state index is 5.97. The summed E-state index contributed by atoms with van der Waals surface area (Å²) in [5, 5.41) is 2.32. The lowest BCUT2D eigenvalue weighted by atomic mass is 10.0. The first-order chi connectivity index (χ1) is 14.3. The van der Waals surface area contributed by atoms with Gasteiger partial charge in [0.2, 0.25) is 0 Å². The van der Waals surface area contributed by atoms with Gasteiger partial charge in [-0.25, -0.2) is 0 Å². The van der Waals surface area contributed by atoms with Gasteiger partial charge in [0.15, 0.2) is 0 Å². The highest BCUT2D eigenvalue weighted by Crippen LogP contribution is 2.25. The molecule has 0 saturated carbocycles. The first kappa shape index (κ1) is 19.1. The predicted molar refractivity (Wildman–Crippen MR) is 118 cm³/mol. The van der Waals surface area contributed by atoms with Crippen molar-refractivity contribution in [3.8, 4) is 5.75 Å². The van der Waals surface area contributed by atoms with Crippen molar-refractivity contribution < 1.29 is 4.74 Å². The third kappa shape index (κ3) is 5.00. The molecule has 4 rings (SSSR count). The second-order valence-electron chi connectivity index (χ2n) is 7.35. The molecule has 0 unspecified atom stereocenters. The summed E-state index contributed by atoms with van der Waals surface area (Å²) in [5.74, 6) is 0.840. The fraction of sp³-hybridized carbons (Fsp3) is 0.231. The predicted octanol–water partition coefficient (Wildman–Crippen LogP) is 6.14. The number of nitrogens with zero attached hydrogens (tertiary/aromatic N) is 2. The van der Waals surface area contributed by atoms with Crippen LogP contribution in [0.2, 0.25) is 0 Å². The van der Waals surface area contributed by atoms with E-state index in [-0.39, 0.29) is 0 Å². The Labute approximate surface area is 172 Å². The van der Waals surface area contributed by atoms with Crippen molar-refractivity contribution in [2.45, 2.75) is 39.2 Å². The zero-order chi connectivity index (χ0) is 19.9. The van der Waals surface area contributed by atoms with E-state index in [2.05, 4.69) is 59.4 Å². The van der Waals surface area contributed by atoms with Gasteiger partial charge in [0.1, 0.15) is 12.4 Å². The maximum Gasteiger partial charge on any atom is 0.130 e. The minimum absolute atomic E-state index is 0.459. The first-order valence-electron chi connectivity index (χ1n) is 10.3. The molecule has 2 heterocycles. The Morgan fingerprint density at radius 3 is 2.48 bits per heavy atom. The summed E-state index contributed by atoms with van der Waals surface area (Å²) < 4.78 is 5.97. The van der Waals surface area contributed by atoms with Crippen LogP contribution < -0.4 is 4.74 Å². The number of pyridine rings is 2. The van der Waals surface area contributed by atoms with Gasteiger partial charge in [-0.05, 0) is 59.7 Å². The summed E-state index contributed by atoms with van der Waals surface area (Å²) in [6, 6.07) is 23.1. The largest absolute Gasteiger partial charge is 0.487 e. The quantitative estimate of drug-likeness (QED) is 0.367. The summed E-state index contributed by atoms with van der Waals surface area (Å²) in [5.41, 5.74) is 4.69. The third-order valence-corrected chi connectivity index (χ3v) is 5.15. The van der Waals surface area contributed by atoms with Gasteiger partial charge in [0.05, 0.1) is 11.4 Å². The molecule has 2 aromatic carbocycles. The number of unbranched alkanes of at least 4 members (excludes halogenated alkanes) is 1. The summed E-state index contributed by atoms with van der Waals surface area (Å²) in [6.07, 6.45) is 8.11. The summed E-state index contributed by atoms with van der Waals surface area (Å²) in [7, 11) is 0. The van der Waals surface area contributed by atoms with Gasteiger partial charge in [-0.3, -0.25) is 9.97 Å². The monoisotopic (exact) mass is 382 g/mol. The molecule has 4 aromatic rings. The number of fused-ring (bicyclic) bond motifs is 1. The van der Waals surface area contributed by atoms with Crippen LogP contribution in [0, 0.1) is 0 Å². The van der Waals surface area contributed by atoms with Crippen LogP contribution in [-0.4, -0.2) is 9.97 Å². The molecule has 0 fully saturated rings. The van der Waals surface area contributed by atoms with Crippen molar-refractivity contribution in [2.24, 2.45) is 0 Å². The molecule has 0 aliphatic rings. The van der Waals surface area contributed by atoms with Crippen LogP contribution in [0.1, 0.15) is 42.3 Å². The lowest BCUT2D eigenvalue weighted by molar-refractivity contribution is 0.302. The summed E-state index contributed by atoms with van der Waals surface area (Å²) >= 11 is 0. The fourth-order valence-corrected chi connectivity index (χ4v) is 3.48. The molecule has 0 radical (unpaired) electrons. The second kappa shape index (κ2) is 9.33. The molecule has 2 aromatic heterocycles. The molecular formula is C26H26N2O. The third-order valence-electron chi connectivity index (χ3n) is 5.15. The van der Waals surface area contributed by atoms with Crippen LogP contribution in [-0.2, 0) is 19.4 Å². The topological polar surface area (TPSA) is 35.0 Å². The molecule has 3 heteroatoms. The van der Waals surface area contributed by atoms with Gasteiger partial charge in [-0.1, -0.05) is 49.7 Å². The van der Waals surface area contributed by atoms with E-state index in [4.69, 9.17) is 4.74 Å². The van der Waals surface area contributed by atoms with Gasteiger partial charge in [-0.15, -0.1) is 0 Å². The molecule has 0 amide bonds. The molecule has 0 aliphatic carbocycles. The van der Waals surface area contributed by atoms with Gasteiger partial charge in [0.25, 0.3) is 0 Å². The fourth-order valence-electron chi connectivity index (χ4n) is 3.48. The number of rotatable bonds is 8. The number of hydrogen-bond donors (Lipinski definition) is 0. The molecule has 0 atom stereocenters. The van der Waals surface area contributed by atoms with Crippen molar-refractivity contribution in [1.29, 1.82) is 0 Å². The van der Waals surface area contributed by atoms with Crippen LogP contribution >= 0.6 is 0 Å². The van der Waals surface area contributed by atoms with E-state index in [9.17, 15) is 0 Å². The zero-order valence-electron chi connectivity index (χ0n) is 16.8. The number of hydrogen-bond acceptors (Lipinski definition) is 3. The molecule has 146 valence electrons. The average Bonchev–Trinajstić information content (AvgIpc) is 2.78. The highest BCUT2D eigenvalue weighted by molar-refractivity contribution is 5.86. The number of aryl methyl sites for hydroxylation is 1. The van der Waals surface area contributed by atoms with E-state index in [1.807, 2.05) is 30.5 Å². The molecule has 29 heavy (non-hydrogen) atoms. The minimum atomic E-state index is 0.459. The SMILES string of the molecule is CCCCc1ccc(Cc2nccc3ccc(OCc4ccccn4)cc23)cc1. The van der Waals surface area contributed by atoms with Crippen molar-refractivity contribution in [1.82, 2.24) is 9.97 Å². The van der Waals surface area contributed by atoms with E-state index < -0.39 is 0 Å². The normalized spacial score (nSPS) is 10.9. The molecular weight excluding hydrogens is 356 g/mol. The van der Waals surface area contributed by atoms with E-state index >= 15 is 0 Å². The Morgan fingerprint density at radius 2 is 1.69 bits per heavy atom. The van der Waals surface area contributed by atoms with Crippen LogP contribution in [0.25, 0.3) is 10.8 Å².